The van der Waals surface area contributed by atoms with E-state index in [0.717, 1.165) is 24.2 Å². The topological polar surface area (TPSA) is 116 Å². The van der Waals surface area contributed by atoms with E-state index in [-0.39, 0.29) is 12.0 Å². The highest BCUT2D eigenvalue weighted by Crippen LogP contribution is 2.11. The Bertz CT molecular complexity index is 881. The molecule has 8 heteroatoms. The molecular formula is C18H22N4O4. The van der Waals surface area contributed by atoms with E-state index in [1.54, 1.807) is 6.92 Å². The van der Waals surface area contributed by atoms with E-state index >= 15 is 0 Å². The van der Waals surface area contributed by atoms with Crippen molar-refractivity contribution >= 4 is 12.1 Å². The number of carbonyl (C=O) groups excluding carboxylic acids is 1. The zero-order valence-corrected chi connectivity index (χ0v) is 14.8. The molecular weight excluding hydrogens is 336 g/mol. The molecule has 0 atom stereocenters. The summed E-state index contributed by atoms with van der Waals surface area (Å²) in [4.78, 5) is 39.3. The lowest BCUT2D eigenvalue weighted by Crippen LogP contribution is -2.30. The average Bonchev–Trinajstić information content (AvgIpc) is 2.60. The van der Waals surface area contributed by atoms with E-state index in [2.05, 4.69) is 27.4 Å². The molecule has 26 heavy (non-hydrogen) atoms. The van der Waals surface area contributed by atoms with Crippen molar-refractivity contribution in [3.63, 3.8) is 0 Å². The summed E-state index contributed by atoms with van der Waals surface area (Å²) in [7, 11) is 0. The van der Waals surface area contributed by atoms with Gasteiger partial charge in [-0.05, 0) is 43.2 Å². The molecule has 0 bridgehead atoms. The number of benzene rings is 1. The maximum Gasteiger partial charge on any atom is 0.325 e. The predicted molar refractivity (Wildman–Crippen MR) is 98.7 cm³/mol. The Balaban J connectivity index is 1.89. The molecule has 1 aromatic heterocycles. The minimum atomic E-state index is -0.600. The summed E-state index contributed by atoms with van der Waals surface area (Å²) in [5.74, 6) is 0.328. The molecule has 1 heterocycles. The highest BCUT2D eigenvalue weighted by atomic mass is 16.5. The molecule has 0 aliphatic heterocycles. The zero-order valence-electron chi connectivity index (χ0n) is 14.8. The molecule has 0 unspecified atom stereocenters. The van der Waals surface area contributed by atoms with Gasteiger partial charge in [-0.25, -0.2) is 10.2 Å². The first-order valence-corrected chi connectivity index (χ1v) is 8.36. The van der Waals surface area contributed by atoms with Gasteiger partial charge in [0.15, 0.2) is 0 Å². The monoisotopic (exact) mass is 358 g/mol. The van der Waals surface area contributed by atoms with Crippen LogP contribution in [0, 0.1) is 6.92 Å². The second-order valence-electron chi connectivity index (χ2n) is 5.75. The van der Waals surface area contributed by atoms with Crippen molar-refractivity contribution < 1.29 is 9.53 Å². The smallest absolute Gasteiger partial charge is 0.325 e. The normalized spacial score (nSPS) is 10.8. The molecule has 138 valence electrons. The fourth-order valence-electron chi connectivity index (χ4n) is 2.20. The van der Waals surface area contributed by atoms with Crippen molar-refractivity contribution in [3.05, 3.63) is 61.9 Å². The van der Waals surface area contributed by atoms with E-state index in [9.17, 15) is 14.4 Å². The lowest BCUT2D eigenvalue weighted by Gasteiger charge is -2.05. The second kappa shape index (κ2) is 9.36. The molecule has 2 aromatic rings. The lowest BCUT2D eigenvalue weighted by molar-refractivity contribution is -0.120. The van der Waals surface area contributed by atoms with E-state index in [4.69, 9.17) is 4.74 Å². The number of aryl methyl sites for hydroxylation is 1. The van der Waals surface area contributed by atoms with E-state index < -0.39 is 17.2 Å². The van der Waals surface area contributed by atoms with Crippen molar-refractivity contribution in [3.8, 4) is 5.75 Å². The van der Waals surface area contributed by atoms with E-state index in [0.29, 0.717) is 12.3 Å². The third kappa shape index (κ3) is 5.73. The lowest BCUT2D eigenvalue weighted by atomic mass is 10.1. The average molecular weight is 358 g/mol. The Hall–Kier alpha value is -3.16. The van der Waals surface area contributed by atoms with Gasteiger partial charge < -0.3 is 9.72 Å². The standard InChI is InChI=1S/C18H22N4O4/c1-3-4-9-26-14-7-5-13(6-8-14)11-19-22-16(23)10-15-12(2)20-18(25)21-17(15)24/h5-8,11H,3-4,9-10H2,1-2H3,(H,22,23)(H2,20,21,24,25)/b19-11-. The number of aromatic nitrogens is 2. The number of H-pyrrole nitrogens is 2. The summed E-state index contributed by atoms with van der Waals surface area (Å²) < 4.78 is 5.57. The van der Waals surface area contributed by atoms with Crippen LogP contribution in [0.4, 0.5) is 0 Å². The number of hydrazone groups is 1. The third-order valence-electron chi connectivity index (χ3n) is 3.64. The van der Waals surface area contributed by atoms with Crippen LogP contribution in [0.3, 0.4) is 0 Å². The minimum Gasteiger partial charge on any atom is -0.494 e. The molecule has 0 saturated heterocycles. The summed E-state index contributed by atoms with van der Waals surface area (Å²) in [6, 6.07) is 7.32. The summed E-state index contributed by atoms with van der Waals surface area (Å²) in [5, 5.41) is 3.87. The summed E-state index contributed by atoms with van der Waals surface area (Å²) in [5.41, 5.74) is 2.54. The number of rotatable bonds is 8. The Morgan fingerprint density at radius 2 is 1.96 bits per heavy atom. The SMILES string of the molecule is CCCCOc1ccc(/C=N\NC(=O)Cc2c(C)[nH]c(=O)[nH]c2=O)cc1. The summed E-state index contributed by atoms with van der Waals surface area (Å²) >= 11 is 0. The Labute approximate surface area is 150 Å². The van der Waals surface area contributed by atoms with Crippen LogP contribution in [0.1, 0.15) is 36.6 Å². The van der Waals surface area contributed by atoms with E-state index in [1.165, 1.54) is 6.21 Å². The molecule has 0 spiro atoms. The van der Waals surface area contributed by atoms with Crippen LogP contribution in [0.15, 0.2) is 39.0 Å². The maximum atomic E-state index is 11.9. The maximum absolute atomic E-state index is 11.9. The molecule has 0 saturated carbocycles. The van der Waals surface area contributed by atoms with Gasteiger partial charge in [0.2, 0.25) is 5.91 Å². The van der Waals surface area contributed by atoms with Gasteiger partial charge in [0.25, 0.3) is 5.56 Å². The van der Waals surface area contributed by atoms with Gasteiger partial charge in [-0.1, -0.05) is 13.3 Å². The Morgan fingerprint density at radius 1 is 1.23 bits per heavy atom. The van der Waals surface area contributed by atoms with Gasteiger partial charge in [-0.15, -0.1) is 0 Å². The molecule has 0 fully saturated rings. The molecule has 1 aromatic carbocycles. The zero-order chi connectivity index (χ0) is 18.9. The Morgan fingerprint density at radius 3 is 2.62 bits per heavy atom. The van der Waals surface area contributed by atoms with E-state index in [1.807, 2.05) is 24.3 Å². The molecule has 8 nitrogen and oxygen atoms in total. The quantitative estimate of drug-likeness (QED) is 0.374. The van der Waals surface area contributed by atoms with Crippen molar-refractivity contribution in [2.45, 2.75) is 33.1 Å². The third-order valence-corrected chi connectivity index (χ3v) is 3.64. The van der Waals surface area contributed by atoms with Crippen LogP contribution in [0.25, 0.3) is 0 Å². The van der Waals surface area contributed by atoms with Crippen LogP contribution in [-0.4, -0.2) is 28.7 Å². The van der Waals surface area contributed by atoms with Crippen LogP contribution in [-0.2, 0) is 11.2 Å². The summed E-state index contributed by atoms with van der Waals surface area (Å²) in [6.45, 7) is 4.35. The Kier molecular flexibility index (Phi) is 6.90. The molecule has 2 rings (SSSR count). The predicted octanol–water partition coefficient (Wildman–Crippen LogP) is 1.24. The minimum absolute atomic E-state index is 0.181. The van der Waals surface area contributed by atoms with Gasteiger partial charge in [0, 0.05) is 11.3 Å². The molecule has 0 aliphatic rings. The number of nitrogens with zero attached hydrogens (tertiary/aromatic N) is 1. The molecule has 1 amide bonds. The first-order chi connectivity index (χ1) is 12.5. The van der Waals surface area contributed by atoms with Crippen molar-refractivity contribution in [2.75, 3.05) is 6.61 Å². The van der Waals surface area contributed by atoms with Crippen LogP contribution in [0.5, 0.6) is 5.75 Å². The van der Waals surface area contributed by atoms with Crippen molar-refractivity contribution in [1.29, 1.82) is 0 Å². The number of carbonyl (C=O) groups is 1. The van der Waals surface area contributed by atoms with Crippen LogP contribution in [0.2, 0.25) is 0 Å². The highest BCUT2D eigenvalue weighted by molar-refractivity contribution is 5.83. The number of amides is 1. The first kappa shape index (κ1) is 19.2. The van der Waals surface area contributed by atoms with Crippen molar-refractivity contribution in [2.24, 2.45) is 5.10 Å². The highest BCUT2D eigenvalue weighted by Gasteiger charge is 2.10. The van der Waals surface area contributed by atoms with Gasteiger partial charge in [0.05, 0.1) is 19.2 Å². The van der Waals surface area contributed by atoms with Crippen LogP contribution >= 0.6 is 0 Å². The number of aromatic amines is 2. The van der Waals surface area contributed by atoms with Gasteiger partial charge >= 0.3 is 5.69 Å². The van der Waals surface area contributed by atoms with Crippen LogP contribution < -0.4 is 21.4 Å². The fourth-order valence-corrected chi connectivity index (χ4v) is 2.20. The second-order valence-corrected chi connectivity index (χ2v) is 5.75. The number of hydrogen-bond acceptors (Lipinski definition) is 5. The van der Waals surface area contributed by atoms with Crippen molar-refractivity contribution in [1.82, 2.24) is 15.4 Å². The number of hydrogen-bond donors (Lipinski definition) is 3. The fraction of sp³-hybridized carbons (Fsp3) is 0.333. The summed E-state index contributed by atoms with van der Waals surface area (Å²) in [6.07, 6.45) is 3.40. The molecule has 0 radical (unpaired) electrons. The number of ether oxygens (including phenoxy) is 1. The first-order valence-electron chi connectivity index (χ1n) is 8.36. The van der Waals surface area contributed by atoms with Gasteiger partial charge in [-0.3, -0.25) is 14.6 Å². The van der Waals surface area contributed by atoms with Gasteiger partial charge in [0.1, 0.15) is 5.75 Å². The van der Waals surface area contributed by atoms with Gasteiger partial charge in [-0.2, -0.15) is 5.10 Å². The number of nitrogens with one attached hydrogen (secondary N) is 3. The molecule has 3 N–H and O–H groups in total. The molecule has 0 aliphatic carbocycles. The number of unbranched alkanes of at least 4 members (excludes halogenated alkanes) is 1. The largest absolute Gasteiger partial charge is 0.494 e.